The Morgan fingerprint density at radius 3 is 2.59 bits per heavy atom. The second-order valence-corrected chi connectivity index (χ2v) is 4.89. The molecule has 0 radical (unpaired) electrons. The number of hydrogen-bond acceptors (Lipinski definition) is 3. The molecule has 0 saturated heterocycles. The van der Waals surface area contributed by atoms with Crippen molar-refractivity contribution in [2.45, 2.75) is 6.92 Å². The van der Waals surface area contributed by atoms with Crippen LogP contribution in [0, 0.1) is 6.92 Å². The lowest BCUT2D eigenvalue weighted by Crippen LogP contribution is -1.85. The summed E-state index contributed by atoms with van der Waals surface area (Å²) in [6.07, 6.45) is 7.32. The Labute approximate surface area is 129 Å². The number of nitrogens with zero attached hydrogens (tertiary/aromatic N) is 2. The van der Waals surface area contributed by atoms with Gasteiger partial charge < -0.3 is 4.42 Å². The number of aromatic nitrogens is 1. The van der Waals surface area contributed by atoms with Gasteiger partial charge in [0, 0.05) is 18.0 Å². The van der Waals surface area contributed by atoms with Gasteiger partial charge in [0.05, 0.1) is 11.9 Å². The maximum absolute atomic E-state index is 5.53. The molecule has 0 aliphatic heterocycles. The maximum atomic E-state index is 5.53. The predicted octanol–water partition coefficient (Wildman–Crippen LogP) is 4.60. The van der Waals surface area contributed by atoms with E-state index in [0.717, 1.165) is 28.3 Å². The van der Waals surface area contributed by atoms with Crippen LogP contribution in [-0.4, -0.2) is 11.2 Å². The van der Waals surface area contributed by atoms with Crippen LogP contribution >= 0.6 is 0 Å². The number of aryl methyl sites for hydroxylation is 1. The molecule has 0 aliphatic carbocycles. The summed E-state index contributed by atoms with van der Waals surface area (Å²) in [7, 11) is 0. The molecule has 108 valence electrons. The van der Waals surface area contributed by atoms with E-state index in [1.807, 2.05) is 67.6 Å². The van der Waals surface area contributed by atoms with Crippen LogP contribution in [0.5, 0.6) is 0 Å². The molecule has 3 aromatic rings. The van der Waals surface area contributed by atoms with E-state index in [2.05, 4.69) is 9.98 Å². The van der Waals surface area contributed by atoms with Crippen molar-refractivity contribution in [1.82, 2.24) is 4.98 Å². The molecule has 2 heterocycles. The average molecular weight is 288 g/mol. The lowest BCUT2D eigenvalue weighted by atomic mass is 10.1. The van der Waals surface area contributed by atoms with Gasteiger partial charge in [0.15, 0.2) is 0 Å². The highest BCUT2D eigenvalue weighted by Gasteiger charge is 2.01. The number of aliphatic imine (C=N–C) groups is 1. The zero-order valence-electron chi connectivity index (χ0n) is 12.3. The quantitative estimate of drug-likeness (QED) is 0.658. The number of rotatable bonds is 4. The standard InChI is InChI=1S/C19H16N2O/c1-15-9-10-18(22-15)14-21-19(17-8-5-11-20-13-17)12-16-6-3-2-4-7-16/h2-14H,1H3/b19-12-,21-14?. The normalized spacial score (nSPS) is 12.0. The van der Waals surface area contributed by atoms with Crippen LogP contribution in [0.2, 0.25) is 0 Å². The molecule has 0 unspecified atom stereocenters. The lowest BCUT2D eigenvalue weighted by molar-refractivity contribution is 0.528. The van der Waals surface area contributed by atoms with Gasteiger partial charge in [-0.25, -0.2) is 0 Å². The van der Waals surface area contributed by atoms with Crippen LogP contribution in [0.1, 0.15) is 22.6 Å². The van der Waals surface area contributed by atoms with Gasteiger partial charge in [0.1, 0.15) is 11.5 Å². The van der Waals surface area contributed by atoms with Crippen LogP contribution in [0.3, 0.4) is 0 Å². The molecule has 0 fully saturated rings. The van der Waals surface area contributed by atoms with Crippen molar-refractivity contribution in [2.24, 2.45) is 4.99 Å². The second-order valence-electron chi connectivity index (χ2n) is 4.89. The molecular formula is C19H16N2O. The van der Waals surface area contributed by atoms with Gasteiger partial charge in [-0.15, -0.1) is 0 Å². The van der Waals surface area contributed by atoms with Crippen LogP contribution < -0.4 is 0 Å². The number of furan rings is 1. The van der Waals surface area contributed by atoms with Crippen molar-refractivity contribution < 1.29 is 4.42 Å². The minimum atomic E-state index is 0.736. The first kappa shape index (κ1) is 14.0. The molecular weight excluding hydrogens is 272 g/mol. The Hall–Kier alpha value is -2.94. The highest BCUT2D eigenvalue weighted by molar-refractivity contribution is 5.88. The minimum Gasteiger partial charge on any atom is -0.460 e. The fraction of sp³-hybridized carbons (Fsp3) is 0.0526. The highest BCUT2D eigenvalue weighted by atomic mass is 16.3. The monoisotopic (exact) mass is 288 g/mol. The van der Waals surface area contributed by atoms with E-state index in [0.29, 0.717) is 0 Å². The number of benzene rings is 1. The summed E-state index contributed by atoms with van der Waals surface area (Å²) in [5.74, 6) is 1.61. The molecule has 0 N–H and O–H groups in total. The topological polar surface area (TPSA) is 38.4 Å². The minimum absolute atomic E-state index is 0.736. The van der Waals surface area contributed by atoms with Crippen molar-refractivity contribution >= 4 is 18.0 Å². The van der Waals surface area contributed by atoms with E-state index in [1.54, 1.807) is 18.6 Å². The molecule has 0 spiro atoms. The third-order valence-electron chi connectivity index (χ3n) is 3.15. The average Bonchev–Trinajstić information content (AvgIpc) is 2.99. The van der Waals surface area contributed by atoms with Gasteiger partial charge in [0.2, 0.25) is 0 Å². The van der Waals surface area contributed by atoms with Crippen LogP contribution in [-0.2, 0) is 0 Å². The fourth-order valence-electron chi connectivity index (χ4n) is 2.07. The molecule has 1 aromatic carbocycles. The number of hydrogen-bond donors (Lipinski definition) is 0. The molecule has 0 atom stereocenters. The smallest absolute Gasteiger partial charge is 0.145 e. The summed E-state index contributed by atoms with van der Waals surface area (Å²) in [5, 5.41) is 0. The van der Waals surface area contributed by atoms with Crippen LogP contribution in [0.15, 0.2) is 76.4 Å². The Morgan fingerprint density at radius 2 is 1.91 bits per heavy atom. The Kier molecular flexibility index (Phi) is 4.25. The van der Waals surface area contributed by atoms with Crippen molar-refractivity contribution in [3.8, 4) is 0 Å². The van der Waals surface area contributed by atoms with Crippen molar-refractivity contribution in [1.29, 1.82) is 0 Å². The molecule has 3 heteroatoms. The van der Waals surface area contributed by atoms with Crippen molar-refractivity contribution in [3.63, 3.8) is 0 Å². The Bertz CT molecular complexity index is 787. The zero-order chi connectivity index (χ0) is 15.2. The SMILES string of the molecule is Cc1ccc(C=N/C(=C\c2ccccc2)c2cccnc2)o1. The van der Waals surface area contributed by atoms with E-state index >= 15 is 0 Å². The predicted molar refractivity (Wildman–Crippen MR) is 89.6 cm³/mol. The van der Waals surface area contributed by atoms with Gasteiger partial charge in [-0.2, -0.15) is 0 Å². The summed E-state index contributed by atoms with van der Waals surface area (Å²) in [6.45, 7) is 1.92. The third kappa shape index (κ3) is 3.58. The molecule has 2 aromatic heterocycles. The van der Waals surface area contributed by atoms with Gasteiger partial charge in [-0.1, -0.05) is 30.3 Å². The van der Waals surface area contributed by atoms with E-state index in [-0.39, 0.29) is 0 Å². The lowest BCUT2D eigenvalue weighted by Gasteiger charge is -2.02. The van der Waals surface area contributed by atoms with Crippen LogP contribution in [0.25, 0.3) is 11.8 Å². The molecule has 3 nitrogen and oxygen atoms in total. The van der Waals surface area contributed by atoms with Gasteiger partial charge >= 0.3 is 0 Å². The first-order valence-corrected chi connectivity index (χ1v) is 7.09. The van der Waals surface area contributed by atoms with Gasteiger partial charge in [-0.3, -0.25) is 9.98 Å². The van der Waals surface area contributed by atoms with E-state index in [4.69, 9.17) is 4.42 Å². The van der Waals surface area contributed by atoms with Gasteiger partial charge in [0.25, 0.3) is 0 Å². The molecule has 3 rings (SSSR count). The Balaban J connectivity index is 1.96. The molecule has 0 bridgehead atoms. The summed E-state index contributed by atoms with van der Waals surface area (Å²) in [6, 6.07) is 17.8. The molecule has 0 aliphatic rings. The molecule has 0 saturated carbocycles. The summed E-state index contributed by atoms with van der Waals surface area (Å²) in [5.41, 5.74) is 2.90. The second kappa shape index (κ2) is 6.68. The first-order valence-electron chi connectivity index (χ1n) is 7.09. The van der Waals surface area contributed by atoms with Crippen LogP contribution in [0.4, 0.5) is 0 Å². The van der Waals surface area contributed by atoms with Crippen molar-refractivity contribution in [2.75, 3.05) is 0 Å². The van der Waals surface area contributed by atoms with E-state index in [1.165, 1.54) is 0 Å². The molecule has 22 heavy (non-hydrogen) atoms. The van der Waals surface area contributed by atoms with Gasteiger partial charge in [-0.05, 0) is 42.8 Å². The van der Waals surface area contributed by atoms with E-state index < -0.39 is 0 Å². The number of pyridine rings is 1. The van der Waals surface area contributed by atoms with E-state index in [9.17, 15) is 0 Å². The summed E-state index contributed by atoms with van der Waals surface area (Å²) in [4.78, 5) is 8.74. The highest BCUT2D eigenvalue weighted by Crippen LogP contribution is 2.19. The first-order chi connectivity index (χ1) is 10.8. The van der Waals surface area contributed by atoms with Crippen molar-refractivity contribution in [3.05, 3.63) is 89.6 Å². The zero-order valence-corrected chi connectivity index (χ0v) is 12.3. The Morgan fingerprint density at radius 1 is 1.05 bits per heavy atom. The summed E-state index contributed by atoms with van der Waals surface area (Å²) < 4.78 is 5.53. The maximum Gasteiger partial charge on any atom is 0.145 e. The third-order valence-corrected chi connectivity index (χ3v) is 3.15. The largest absolute Gasteiger partial charge is 0.460 e. The summed E-state index contributed by atoms with van der Waals surface area (Å²) >= 11 is 0. The fourth-order valence-corrected chi connectivity index (χ4v) is 2.07. The molecule has 0 amide bonds.